The van der Waals surface area contributed by atoms with Crippen LogP contribution in [0.5, 0.6) is 0 Å². The predicted octanol–water partition coefficient (Wildman–Crippen LogP) is 2.69. The lowest BCUT2D eigenvalue weighted by Crippen LogP contribution is -2.32. The van der Waals surface area contributed by atoms with Gasteiger partial charge in [0.25, 0.3) is 5.91 Å². The Kier molecular flexibility index (Phi) is 5.26. The summed E-state index contributed by atoms with van der Waals surface area (Å²) in [5.41, 5.74) is 0.804. The van der Waals surface area contributed by atoms with Crippen molar-refractivity contribution < 1.29 is 14.3 Å². The van der Waals surface area contributed by atoms with Crippen LogP contribution in [0, 0.1) is 0 Å². The first-order valence-corrected chi connectivity index (χ1v) is 8.16. The molecule has 0 aliphatic heterocycles. The normalized spacial score (nSPS) is 12.0. The summed E-state index contributed by atoms with van der Waals surface area (Å²) < 4.78 is 5.20. The Labute approximate surface area is 144 Å². The molecular weight excluding hydrogens is 318 g/mol. The van der Waals surface area contributed by atoms with Gasteiger partial charge in [0.1, 0.15) is 11.1 Å². The van der Waals surface area contributed by atoms with E-state index < -0.39 is 11.5 Å². The van der Waals surface area contributed by atoms with E-state index in [9.17, 15) is 14.7 Å². The molecule has 1 atom stereocenters. The molecule has 1 unspecified atom stereocenters. The maximum absolute atomic E-state index is 12.4. The SMILES string of the molecule is O=C(NCC(CCO)c1ccccc1)c1cc2ccccc2oc1=O. The lowest BCUT2D eigenvalue weighted by molar-refractivity contribution is 0.0946. The van der Waals surface area contributed by atoms with Crippen LogP contribution < -0.4 is 10.9 Å². The van der Waals surface area contributed by atoms with E-state index in [1.807, 2.05) is 36.4 Å². The Hall–Kier alpha value is -2.92. The zero-order valence-electron chi connectivity index (χ0n) is 13.6. The zero-order chi connectivity index (χ0) is 17.6. The first kappa shape index (κ1) is 16.9. The standard InChI is InChI=1S/C20H19NO4/c22-11-10-16(14-6-2-1-3-7-14)13-21-19(23)17-12-15-8-4-5-9-18(15)25-20(17)24/h1-9,12,16,22H,10-11,13H2,(H,21,23). The molecular formula is C20H19NO4. The number of fused-ring (bicyclic) bond motifs is 1. The second-order valence-corrected chi connectivity index (χ2v) is 5.82. The molecule has 0 radical (unpaired) electrons. The number of amides is 1. The van der Waals surface area contributed by atoms with Gasteiger partial charge in [-0.2, -0.15) is 0 Å². The molecule has 128 valence electrons. The molecule has 0 aliphatic carbocycles. The number of carbonyl (C=O) groups is 1. The summed E-state index contributed by atoms with van der Waals surface area (Å²) in [5.74, 6) is -0.499. The van der Waals surface area contributed by atoms with Crippen molar-refractivity contribution >= 4 is 16.9 Å². The summed E-state index contributed by atoms with van der Waals surface area (Å²) in [6.07, 6.45) is 0.524. The molecule has 2 N–H and O–H groups in total. The van der Waals surface area contributed by atoms with Gasteiger partial charge in [-0.25, -0.2) is 4.79 Å². The molecule has 0 fully saturated rings. The summed E-state index contributed by atoms with van der Waals surface area (Å²) in [6, 6.07) is 18.3. The molecule has 1 amide bonds. The third-order valence-electron chi connectivity index (χ3n) is 4.14. The van der Waals surface area contributed by atoms with E-state index in [1.54, 1.807) is 24.3 Å². The Morgan fingerprint density at radius 2 is 1.80 bits per heavy atom. The fourth-order valence-electron chi connectivity index (χ4n) is 2.80. The molecule has 0 saturated heterocycles. The quantitative estimate of drug-likeness (QED) is 0.678. The van der Waals surface area contributed by atoms with E-state index in [1.165, 1.54) is 0 Å². The largest absolute Gasteiger partial charge is 0.422 e. The molecule has 3 rings (SSSR count). The second kappa shape index (κ2) is 7.77. The van der Waals surface area contributed by atoms with Crippen molar-refractivity contribution in [2.24, 2.45) is 0 Å². The number of para-hydroxylation sites is 1. The van der Waals surface area contributed by atoms with Crippen molar-refractivity contribution in [2.45, 2.75) is 12.3 Å². The van der Waals surface area contributed by atoms with Gasteiger partial charge in [-0.3, -0.25) is 4.79 Å². The lowest BCUT2D eigenvalue weighted by Gasteiger charge is -2.17. The van der Waals surface area contributed by atoms with Gasteiger partial charge in [0.2, 0.25) is 0 Å². The number of hydrogen-bond donors (Lipinski definition) is 2. The van der Waals surface area contributed by atoms with Crippen LogP contribution in [0.4, 0.5) is 0 Å². The highest BCUT2D eigenvalue weighted by Gasteiger charge is 2.16. The monoisotopic (exact) mass is 337 g/mol. The third-order valence-corrected chi connectivity index (χ3v) is 4.14. The molecule has 25 heavy (non-hydrogen) atoms. The van der Waals surface area contributed by atoms with Crippen LogP contribution in [0.1, 0.15) is 28.3 Å². The minimum absolute atomic E-state index is 0.0190. The van der Waals surface area contributed by atoms with E-state index in [-0.39, 0.29) is 18.1 Å². The third kappa shape index (κ3) is 3.95. The van der Waals surface area contributed by atoms with E-state index in [4.69, 9.17) is 4.42 Å². The fraction of sp³-hybridized carbons (Fsp3) is 0.200. The second-order valence-electron chi connectivity index (χ2n) is 5.82. The summed E-state index contributed by atoms with van der Waals surface area (Å²) in [6.45, 7) is 0.350. The number of carbonyl (C=O) groups excluding carboxylic acids is 1. The van der Waals surface area contributed by atoms with Crippen molar-refractivity contribution in [1.82, 2.24) is 5.32 Å². The van der Waals surface area contributed by atoms with Crippen molar-refractivity contribution in [3.8, 4) is 0 Å². The average molecular weight is 337 g/mol. The van der Waals surface area contributed by atoms with Gasteiger partial charge in [-0.1, -0.05) is 48.5 Å². The van der Waals surface area contributed by atoms with Crippen molar-refractivity contribution in [3.63, 3.8) is 0 Å². The minimum Gasteiger partial charge on any atom is -0.422 e. The molecule has 1 aromatic heterocycles. The highest BCUT2D eigenvalue weighted by atomic mass is 16.4. The summed E-state index contributed by atoms with van der Waals surface area (Å²) in [4.78, 5) is 24.5. The Balaban J connectivity index is 1.77. The number of aliphatic hydroxyl groups excluding tert-OH is 1. The Bertz CT molecular complexity index is 918. The molecule has 2 aromatic carbocycles. The predicted molar refractivity (Wildman–Crippen MR) is 95.7 cm³/mol. The molecule has 0 aliphatic rings. The summed E-state index contributed by atoms with van der Waals surface area (Å²) in [7, 11) is 0. The molecule has 0 spiro atoms. The minimum atomic E-state index is -0.658. The highest BCUT2D eigenvalue weighted by Crippen LogP contribution is 2.18. The van der Waals surface area contributed by atoms with Crippen LogP contribution in [0.3, 0.4) is 0 Å². The van der Waals surface area contributed by atoms with Gasteiger partial charge in [-0.05, 0) is 24.1 Å². The van der Waals surface area contributed by atoms with E-state index >= 15 is 0 Å². The van der Waals surface area contributed by atoms with E-state index in [0.717, 1.165) is 5.56 Å². The van der Waals surface area contributed by atoms with Crippen LogP contribution in [-0.2, 0) is 0 Å². The smallest absolute Gasteiger partial charge is 0.349 e. The fourth-order valence-corrected chi connectivity index (χ4v) is 2.80. The number of rotatable bonds is 6. The number of nitrogens with one attached hydrogen (secondary N) is 1. The van der Waals surface area contributed by atoms with Crippen LogP contribution in [0.25, 0.3) is 11.0 Å². The van der Waals surface area contributed by atoms with Gasteiger partial charge in [0, 0.05) is 24.5 Å². The van der Waals surface area contributed by atoms with Crippen molar-refractivity contribution in [3.05, 3.63) is 82.2 Å². The maximum atomic E-state index is 12.4. The zero-order valence-corrected chi connectivity index (χ0v) is 13.6. The first-order chi connectivity index (χ1) is 12.2. The Morgan fingerprint density at radius 1 is 1.08 bits per heavy atom. The molecule has 0 saturated carbocycles. The molecule has 5 heteroatoms. The van der Waals surface area contributed by atoms with Crippen LogP contribution >= 0.6 is 0 Å². The topological polar surface area (TPSA) is 79.5 Å². The molecule has 5 nitrogen and oxygen atoms in total. The van der Waals surface area contributed by atoms with Crippen molar-refractivity contribution in [1.29, 1.82) is 0 Å². The summed E-state index contributed by atoms with van der Waals surface area (Å²) >= 11 is 0. The van der Waals surface area contributed by atoms with Crippen LogP contribution in [-0.4, -0.2) is 24.2 Å². The maximum Gasteiger partial charge on any atom is 0.349 e. The number of hydrogen-bond acceptors (Lipinski definition) is 4. The lowest BCUT2D eigenvalue weighted by atomic mass is 9.96. The highest BCUT2D eigenvalue weighted by molar-refractivity contribution is 5.96. The van der Waals surface area contributed by atoms with Gasteiger partial charge in [0.05, 0.1) is 0 Å². The number of benzene rings is 2. The summed E-state index contributed by atoms with van der Waals surface area (Å²) in [5, 5.41) is 12.7. The molecule has 1 heterocycles. The van der Waals surface area contributed by atoms with E-state index in [0.29, 0.717) is 23.9 Å². The Morgan fingerprint density at radius 3 is 2.56 bits per heavy atom. The molecule has 3 aromatic rings. The van der Waals surface area contributed by atoms with Gasteiger partial charge >= 0.3 is 5.63 Å². The van der Waals surface area contributed by atoms with Gasteiger partial charge < -0.3 is 14.8 Å². The van der Waals surface area contributed by atoms with Crippen molar-refractivity contribution in [2.75, 3.05) is 13.2 Å². The van der Waals surface area contributed by atoms with Crippen LogP contribution in [0.2, 0.25) is 0 Å². The van der Waals surface area contributed by atoms with E-state index in [2.05, 4.69) is 5.32 Å². The van der Waals surface area contributed by atoms with Gasteiger partial charge in [0.15, 0.2) is 0 Å². The van der Waals surface area contributed by atoms with Gasteiger partial charge in [-0.15, -0.1) is 0 Å². The molecule has 0 bridgehead atoms. The first-order valence-electron chi connectivity index (χ1n) is 8.16. The van der Waals surface area contributed by atoms with Crippen LogP contribution in [0.15, 0.2) is 69.9 Å². The average Bonchev–Trinajstić information content (AvgIpc) is 2.65. The number of aliphatic hydroxyl groups is 1.